The highest BCUT2D eigenvalue weighted by atomic mass is 35.5. The lowest BCUT2D eigenvalue weighted by atomic mass is 9.93. The Morgan fingerprint density at radius 3 is 2.44 bits per heavy atom. The molecule has 0 aliphatic carbocycles. The van der Waals surface area contributed by atoms with Gasteiger partial charge < -0.3 is 9.80 Å². The molecule has 1 N–H and O–H groups in total. The normalized spacial score (nSPS) is 14.8. The van der Waals surface area contributed by atoms with Gasteiger partial charge in [-0.05, 0) is 30.2 Å². The molecule has 11 heteroatoms. The van der Waals surface area contributed by atoms with Crippen molar-refractivity contribution >= 4 is 41.1 Å². The van der Waals surface area contributed by atoms with Gasteiger partial charge in [-0.3, -0.25) is 19.3 Å². The molecule has 6 nitrogen and oxygen atoms in total. The predicted octanol–water partition coefficient (Wildman–Crippen LogP) is 4.49. The summed E-state index contributed by atoms with van der Waals surface area (Å²) in [6, 6.07) is 3.99. The van der Waals surface area contributed by atoms with Crippen LogP contribution in [0.5, 0.6) is 0 Å². The van der Waals surface area contributed by atoms with E-state index < -0.39 is 22.7 Å². The fraction of sp³-hybridized carbons (Fsp3) is 0.381. The molecule has 32 heavy (non-hydrogen) atoms. The van der Waals surface area contributed by atoms with Gasteiger partial charge in [-0.2, -0.15) is 13.2 Å². The van der Waals surface area contributed by atoms with Crippen LogP contribution in [-0.2, 0) is 11.0 Å². The molecule has 1 aliphatic rings. The van der Waals surface area contributed by atoms with Crippen molar-refractivity contribution in [3.05, 3.63) is 46.7 Å². The van der Waals surface area contributed by atoms with E-state index in [2.05, 4.69) is 9.71 Å². The molecule has 0 radical (unpaired) electrons. The zero-order valence-electron chi connectivity index (χ0n) is 17.5. The van der Waals surface area contributed by atoms with Gasteiger partial charge in [-0.25, -0.2) is 0 Å². The molecule has 1 aliphatic heterocycles. The van der Waals surface area contributed by atoms with Crippen LogP contribution >= 0.6 is 23.5 Å². The van der Waals surface area contributed by atoms with Crippen LogP contribution in [0.25, 0.3) is 11.1 Å². The summed E-state index contributed by atoms with van der Waals surface area (Å²) >= 11 is 7.17. The number of alkyl halides is 3. The zero-order chi connectivity index (χ0) is 23.5. The molecule has 2 heterocycles. The van der Waals surface area contributed by atoms with Crippen LogP contribution in [0.2, 0.25) is 5.02 Å². The van der Waals surface area contributed by atoms with Crippen molar-refractivity contribution < 1.29 is 22.8 Å². The molecule has 0 saturated carbocycles. The average Bonchev–Trinajstić information content (AvgIpc) is 2.99. The number of rotatable bonds is 4. The average molecular weight is 487 g/mol. The largest absolute Gasteiger partial charge is 0.418 e. The third-order valence-corrected chi connectivity index (χ3v) is 5.89. The smallest absolute Gasteiger partial charge is 0.369 e. The van der Waals surface area contributed by atoms with E-state index in [1.807, 2.05) is 0 Å². The minimum Gasteiger partial charge on any atom is -0.369 e. The van der Waals surface area contributed by atoms with Crippen LogP contribution in [-0.4, -0.2) is 54.1 Å². The number of benzene rings is 1. The van der Waals surface area contributed by atoms with Crippen LogP contribution in [0.1, 0.15) is 29.3 Å². The summed E-state index contributed by atoms with van der Waals surface area (Å²) in [5, 5.41) is -0.556. The highest BCUT2D eigenvalue weighted by Crippen LogP contribution is 2.48. The van der Waals surface area contributed by atoms with Crippen molar-refractivity contribution in [3.8, 4) is 11.1 Å². The lowest BCUT2D eigenvalue weighted by Crippen LogP contribution is -2.35. The van der Waals surface area contributed by atoms with Gasteiger partial charge in [0.2, 0.25) is 5.91 Å². The van der Waals surface area contributed by atoms with Crippen LogP contribution in [0, 0.1) is 0 Å². The first-order valence-corrected chi connectivity index (χ1v) is 11.4. The molecular weight excluding hydrogens is 465 g/mol. The van der Waals surface area contributed by atoms with Gasteiger partial charge in [0.05, 0.1) is 21.8 Å². The second kappa shape index (κ2) is 9.99. The van der Waals surface area contributed by atoms with Crippen LogP contribution in [0.3, 0.4) is 0 Å². The molecule has 1 saturated heterocycles. The topological polar surface area (TPSA) is 65.5 Å². The molecule has 0 spiro atoms. The number of anilines is 1. The molecular formula is C21H22ClF3N4O2S. The molecule has 0 bridgehead atoms. The second-order valence-corrected chi connectivity index (χ2v) is 8.24. The van der Waals surface area contributed by atoms with E-state index in [9.17, 15) is 22.8 Å². The maximum atomic E-state index is 14.2. The zero-order valence-corrected chi connectivity index (χ0v) is 19.1. The number of nitrogens with zero attached hydrogens (tertiary/aromatic N) is 3. The number of aromatic nitrogens is 1. The summed E-state index contributed by atoms with van der Waals surface area (Å²) in [4.78, 5) is 32.0. The lowest BCUT2D eigenvalue weighted by Gasteiger charge is -2.30. The number of hydrogen-bond acceptors (Lipinski definition) is 5. The van der Waals surface area contributed by atoms with Gasteiger partial charge in [0.15, 0.2) is 0 Å². The van der Waals surface area contributed by atoms with Crippen molar-refractivity contribution in [1.82, 2.24) is 14.6 Å². The molecule has 172 valence electrons. The third-order valence-electron chi connectivity index (χ3n) is 5.20. The highest BCUT2D eigenvalue weighted by molar-refractivity contribution is 7.97. The fourth-order valence-electron chi connectivity index (χ4n) is 3.82. The van der Waals surface area contributed by atoms with Gasteiger partial charge >= 0.3 is 6.18 Å². The SMILES string of the molecule is CSNC(=O)c1cc(Cl)c(C(F)(F)F)c(-c2ccncc2)c1N1CCCN(C(C)=O)CC1. The van der Waals surface area contributed by atoms with Crippen molar-refractivity contribution in [2.45, 2.75) is 19.5 Å². The van der Waals surface area contributed by atoms with E-state index in [1.54, 1.807) is 16.1 Å². The number of carbonyl (C=O) groups excluding carboxylic acids is 2. The number of pyridine rings is 1. The van der Waals surface area contributed by atoms with E-state index in [4.69, 9.17) is 11.6 Å². The Balaban J connectivity index is 2.30. The Kier molecular flexibility index (Phi) is 7.55. The minimum absolute atomic E-state index is 0.0421. The van der Waals surface area contributed by atoms with Gasteiger partial charge in [-0.1, -0.05) is 23.5 Å². The summed E-state index contributed by atoms with van der Waals surface area (Å²) in [6.45, 7) is 2.93. The summed E-state index contributed by atoms with van der Waals surface area (Å²) in [5.74, 6) is -0.653. The monoisotopic (exact) mass is 486 g/mol. The Hall–Kier alpha value is -2.46. The quantitative estimate of drug-likeness (QED) is 0.645. The first kappa shape index (κ1) is 24.2. The van der Waals surface area contributed by atoms with Crippen molar-refractivity contribution in [2.75, 3.05) is 37.3 Å². The first-order valence-electron chi connectivity index (χ1n) is 9.83. The number of halogens is 4. The Morgan fingerprint density at radius 2 is 1.84 bits per heavy atom. The van der Waals surface area contributed by atoms with Crippen LogP contribution < -0.4 is 9.62 Å². The summed E-state index contributed by atoms with van der Waals surface area (Å²) < 4.78 is 45.2. The van der Waals surface area contributed by atoms with Gasteiger partial charge in [-0.15, -0.1) is 0 Å². The van der Waals surface area contributed by atoms with E-state index in [0.29, 0.717) is 26.1 Å². The van der Waals surface area contributed by atoms with E-state index in [1.165, 1.54) is 31.5 Å². The molecule has 1 aromatic heterocycles. The highest BCUT2D eigenvalue weighted by Gasteiger charge is 2.40. The van der Waals surface area contributed by atoms with Gasteiger partial charge in [0.1, 0.15) is 0 Å². The number of nitrogens with one attached hydrogen (secondary N) is 1. The summed E-state index contributed by atoms with van der Waals surface area (Å²) in [7, 11) is 0. The standard InChI is InChI=1S/C21H22ClF3N4O2S/c1-13(30)28-8-3-9-29(11-10-28)19-15(20(31)27-32-2)12-16(22)18(21(23,24)25)17(19)14-4-6-26-7-5-14/h4-7,12H,3,8-11H2,1-2H3,(H,27,31). The Bertz CT molecular complexity index is 1000. The Morgan fingerprint density at radius 1 is 1.16 bits per heavy atom. The van der Waals surface area contributed by atoms with E-state index in [0.717, 1.165) is 18.0 Å². The lowest BCUT2D eigenvalue weighted by molar-refractivity contribution is -0.137. The fourth-order valence-corrected chi connectivity index (χ4v) is 4.43. The van der Waals surface area contributed by atoms with Crippen LogP contribution in [0.4, 0.5) is 18.9 Å². The maximum absolute atomic E-state index is 14.2. The summed E-state index contributed by atoms with van der Waals surface area (Å²) in [6.07, 6.45) is 0.215. The second-order valence-electron chi connectivity index (χ2n) is 7.22. The molecule has 2 amide bonds. The van der Waals surface area contributed by atoms with E-state index in [-0.39, 0.29) is 34.8 Å². The summed E-state index contributed by atoms with van der Waals surface area (Å²) in [5.41, 5.74) is -0.746. The predicted molar refractivity (Wildman–Crippen MR) is 120 cm³/mol. The maximum Gasteiger partial charge on any atom is 0.418 e. The van der Waals surface area contributed by atoms with Gasteiger partial charge in [0.25, 0.3) is 5.91 Å². The molecule has 0 unspecified atom stereocenters. The van der Waals surface area contributed by atoms with Crippen molar-refractivity contribution in [2.24, 2.45) is 0 Å². The first-order chi connectivity index (χ1) is 15.1. The van der Waals surface area contributed by atoms with Crippen molar-refractivity contribution in [1.29, 1.82) is 0 Å². The van der Waals surface area contributed by atoms with Crippen LogP contribution in [0.15, 0.2) is 30.6 Å². The Labute approximate surface area is 193 Å². The van der Waals surface area contributed by atoms with E-state index >= 15 is 0 Å². The molecule has 1 fully saturated rings. The number of carbonyl (C=O) groups is 2. The molecule has 0 atom stereocenters. The molecule has 1 aromatic carbocycles. The number of hydrogen-bond donors (Lipinski definition) is 1. The third kappa shape index (κ3) is 5.12. The van der Waals surface area contributed by atoms with Gasteiger partial charge in [0, 0.05) is 57.3 Å². The minimum atomic E-state index is -4.75. The molecule has 3 rings (SSSR count). The molecule has 2 aromatic rings. The number of amides is 2. The van der Waals surface area contributed by atoms with Crippen molar-refractivity contribution in [3.63, 3.8) is 0 Å².